The molecule has 1 aromatic rings. The van der Waals surface area contributed by atoms with E-state index in [1.54, 1.807) is 0 Å². The van der Waals surface area contributed by atoms with Gasteiger partial charge in [0.1, 0.15) is 6.61 Å². The summed E-state index contributed by atoms with van der Waals surface area (Å²) in [6.07, 6.45) is 2.68. The molecule has 0 aliphatic heterocycles. The molecule has 5 heteroatoms. The molecular formula is C15H27N3O2. The number of aromatic nitrogens is 1. The number of hydrogen-bond donors (Lipinski definition) is 1. The van der Waals surface area contributed by atoms with Crippen molar-refractivity contribution in [2.45, 2.75) is 45.9 Å². The lowest BCUT2D eigenvalue weighted by molar-refractivity contribution is 0.0825. The molecule has 2 rings (SSSR count). The van der Waals surface area contributed by atoms with E-state index in [1.807, 2.05) is 6.07 Å². The van der Waals surface area contributed by atoms with E-state index < -0.39 is 0 Å². The van der Waals surface area contributed by atoms with E-state index in [9.17, 15) is 0 Å². The molecule has 0 unspecified atom stereocenters. The minimum atomic E-state index is 0.510. The number of likely N-dealkylation sites (N-methyl/N-ethyl adjacent to an activating group) is 1. The number of rotatable bonds is 10. The fraction of sp³-hybridized carbons (Fsp3) is 0.800. The fourth-order valence-corrected chi connectivity index (χ4v) is 2.08. The van der Waals surface area contributed by atoms with Gasteiger partial charge >= 0.3 is 0 Å². The molecule has 0 amide bonds. The second-order valence-corrected chi connectivity index (χ2v) is 6.07. The fourth-order valence-electron chi connectivity index (χ4n) is 2.08. The van der Waals surface area contributed by atoms with Gasteiger partial charge in [-0.15, -0.1) is 0 Å². The van der Waals surface area contributed by atoms with Crippen LogP contribution in [-0.2, 0) is 17.9 Å². The predicted molar refractivity (Wildman–Crippen MR) is 78.4 cm³/mol. The monoisotopic (exact) mass is 281 g/mol. The molecule has 1 aliphatic carbocycles. The highest BCUT2D eigenvalue weighted by Crippen LogP contribution is 2.24. The van der Waals surface area contributed by atoms with E-state index in [4.69, 9.17) is 9.26 Å². The number of nitrogens with one attached hydrogen (secondary N) is 1. The lowest BCUT2D eigenvalue weighted by Gasteiger charge is -2.14. The van der Waals surface area contributed by atoms with Crippen molar-refractivity contribution in [3.63, 3.8) is 0 Å². The molecule has 0 radical (unpaired) electrons. The van der Waals surface area contributed by atoms with Crippen molar-refractivity contribution in [3.05, 3.63) is 17.5 Å². The first-order valence-corrected chi connectivity index (χ1v) is 7.58. The summed E-state index contributed by atoms with van der Waals surface area (Å²) >= 11 is 0. The number of hydrogen-bond acceptors (Lipinski definition) is 5. The zero-order valence-corrected chi connectivity index (χ0v) is 12.9. The lowest BCUT2D eigenvalue weighted by Crippen LogP contribution is -2.25. The number of ether oxygens (including phenoxy) is 1. The Hall–Kier alpha value is -0.910. The average Bonchev–Trinajstić information content (AvgIpc) is 3.16. The third-order valence-electron chi connectivity index (χ3n) is 3.47. The van der Waals surface area contributed by atoms with Crippen LogP contribution in [0.2, 0.25) is 0 Å². The highest BCUT2D eigenvalue weighted by atomic mass is 16.5. The average molecular weight is 281 g/mol. The Morgan fingerprint density at radius 2 is 2.30 bits per heavy atom. The minimum absolute atomic E-state index is 0.510. The molecule has 1 aromatic heterocycles. The summed E-state index contributed by atoms with van der Waals surface area (Å²) in [6.45, 7) is 8.37. The molecule has 5 nitrogen and oxygen atoms in total. The van der Waals surface area contributed by atoms with Crippen molar-refractivity contribution in [2.24, 2.45) is 5.92 Å². The lowest BCUT2D eigenvalue weighted by atomic mass is 10.2. The molecular weight excluding hydrogens is 254 g/mol. The maximum Gasteiger partial charge on any atom is 0.162 e. The van der Waals surface area contributed by atoms with Gasteiger partial charge in [0.05, 0.1) is 12.3 Å². The molecule has 0 saturated heterocycles. The maximum absolute atomic E-state index is 5.63. The van der Waals surface area contributed by atoms with E-state index in [-0.39, 0.29) is 0 Å². The van der Waals surface area contributed by atoms with Crippen LogP contribution in [0, 0.1) is 5.92 Å². The minimum Gasteiger partial charge on any atom is -0.372 e. The Kier molecular flexibility index (Phi) is 6.01. The van der Waals surface area contributed by atoms with E-state index >= 15 is 0 Å². The van der Waals surface area contributed by atoms with Gasteiger partial charge in [-0.2, -0.15) is 0 Å². The third-order valence-corrected chi connectivity index (χ3v) is 3.47. The first kappa shape index (κ1) is 15.5. The molecule has 1 heterocycles. The van der Waals surface area contributed by atoms with Crippen LogP contribution in [0.15, 0.2) is 10.6 Å². The molecule has 0 aromatic carbocycles. The summed E-state index contributed by atoms with van der Waals surface area (Å²) in [5.74, 6) is 1.45. The van der Waals surface area contributed by atoms with E-state index in [0.717, 1.165) is 43.7 Å². The zero-order valence-electron chi connectivity index (χ0n) is 12.9. The second-order valence-electron chi connectivity index (χ2n) is 6.07. The maximum atomic E-state index is 5.63. The van der Waals surface area contributed by atoms with Crippen LogP contribution in [-0.4, -0.2) is 42.8 Å². The summed E-state index contributed by atoms with van der Waals surface area (Å²) in [6, 6.07) is 2.76. The second kappa shape index (κ2) is 7.76. The van der Waals surface area contributed by atoms with E-state index in [2.05, 4.69) is 36.3 Å². The van der Waals surface area contributed by atoms with E-state index in [0.29, 0.717) is 12.5 Å². The largest absolute Gasteiger partial charge is 0.372 e. The van der Waals surface area contributed by atoms with Gasteiger partial charge in [0, 0.05) is 25.2 Å². The van der Waals surface area contributed by atoms with Gasteiger partial charge in [-0.1, -0.05) is 19.0 Å². The van der Waals surface area contributed by atoms with Gasteiger partial charge in [0.25, 0.3) is 0 Å². The molecule has 1 fully saturated rings. The third kappa shape index (κ3) is 5.61. The molecule has 0 atom stereocenters. The Balaban J connectivity index is 1.57. The Bertz CT molecular complexity index is 388. The highest BCUT2D eigenvalue weighted by Gasteiger charge is 2.25. The van der Waals surface area contributed by atoms with Crippen LogP contribution in [0.5, 0.6) is 0 Å². The smallest absolute Gasteiger partial charge is 0.162 e. The Labute approximate surface area is 121 Å². The van der Waals surface area contributed by atoms with Gasteiger partial charge in [-0.25, -0.2) is 0 Å². The summed E-state index contributed by atoms with van der Waals surface area (Å²) in [4.78, 5) is 2.36. The topological polar surface area (TPSA) is 50.5 Å². The molecule has 114 valence electrons. The Morgan fingerprint density at radius 1 is 1.50 bits per heavy atom. The van der Waals surface area contributed by atoms with Crippen LogP contribution in [0.1, 0.15) is 38.1 Å². The van der Waals surface area contributed by atoms with Crippen LogP contribution >= 0.6 is 0 Å². The van der Waals surface area contributed by atoms with Gasteiger partial charge in [-0.05, 0) is 32.4 Å². The normalized spacial score (nSPS) is 15.4. The van der Waals surface area contributed by atoms with Crippen molar-refractivity contribution in [2.75, 3.05) is 26.7 Å². The van der Waals surface area contributed by atoms with Crippen molar-refractivity contribution in [3.8, 4) is 0 Å². The SMILES string of the molecule is CC(C)CNCc1cc(COCCN(C)C2CC2)on1. The van der Waals surface area contributed by atoms with Gasteiger partial charge in [-0.3, -0.25) is 0 Å². The highest BCUT2D eigenvalue weighted by molar-refractivity contribution is 5.04. The number of nitrogens with zero attached hydrogens (tertiary/aromatic N) is 2. The first-order chi connectivity index (χ1) is 9.65. The van der Waals surface area contributed by atoms with Gasteiger partial charge in [0.15, 0.2) is 5.76 Å². The zero-order chi connectivity index (χ0) is 14.4. The van der Waals surface area contributed by atoms with Crippen molar-refractivity contribution < 1.29 is 9.26 Å². The van der Waals surface area contributed by atoms with E-state index in [1.165, 1.54) is 12.8 Å². The van der Waals surface area contributed by atoms with Gasteiger partial charge < -0.3 is 19.5 Å². The molecule has 20 heavy (non-hydrogen) atoms. The predicted octanol–water partition coefficient (Wildman–Crippen LogP) is 2.03. The van der Waals surface area contributed by atoms with Crippen LogP contribution < -0.4 is 5.32 Å². The van der Waals surface area contributed by atoms with Crippen molar-refractivity contribution in [1.82, 2.24) is 15.4 Å². The summed E-state index contributed by atoms with van der Waals surface area (Å²) in [5, 5.41) is 7.38. The Morgan fingerprint density at radius 3 is 3.00 bits per heavy atom. The molecule has 1 saturated carbocycles. The molecule has 1 N–H and O–H groups in total. The summed E-state index contributed by atoms with van der Waals surface area (Å²) < 4.78 is 10.9. The molecule has 0 bridgehead atoms. The first-order valence-electron chi connectivity index (χ1n) is 7.58. The van der Waals surface area contributed by atoms with Crippen molar-refractivity contribution >= 4 is 0 Å². The molecule has 1 aliphatic rings. The summed E-state index contributed by atoms with van der Waals surface area (Å²) in [7, 11) is 2.16. The summed E-state index contributed by atoms with van der Waals surface area (Å²) in [5.41, 5.74) is 0.944. The quantitative estimate of drug-likeness (QED) is 0.665. The standard InChI is InChI=1S/C15H27N3O2/c1-12(2)9-16-10-13-8-15(20-17-13)11-19-7-6-18(3)14-4-5-14/h8,12,14,16H,4-7,9-11H2,1-3H3. The van der Waals surface area contributed by atoms with Gasteiger partial charge in [0.2, 0.25) is 0 Å². The van der Waals surface area contributed by atoms with Crippen LogP contribution in [0.25, 0.3) is 0 Å². The molecule has 0 spiro atoms. The van der Waals surface area contributed by atoms with Crippen molar-refractivity contribution in [1.29, 1.82) is 0 Å². The van der Waals surface area contributed by atoms with Crippen LogP contribution in [0.4, 0.5) is 0 Å². The van der Waals surface area contributed by atoms with Crippen LogP contribution in [0.3, 0.4) is 0 Å².